The molecule has 0 atom stereocenters. The van der Waals surface area contributed by atoms with Gasteiger partial charge in [-0.3, -0.25) is 9.48 Å². The smallest absolute Gasteiger partial charge is 0.152 e. The lowest BCUT2D eigenvalue weighted by atomic mass is 10.2. The first-order valence-corrected chi connectivity index (χ1v) is 4.68. The average Bonchev–Trinajstić information content (AvgIpc) is 2.48. The topological polar surface area (TPSA) is 59.8 Å². The van der Waals surface area contributed by atoms with Crippen molar-refractivity contribution in [1.29, 1.82) is 0 Å². The van der Waals surface area contributed by atoms with Crippen LogP contribution in [0.15, 0.2) is 6.20 Å². The van der Waals surface area contributed by atoms with Crippen LogP contribution in [-0.4, -0.2) is 33.4 Å². The van der Waals surface area contributed by atoms with Crippen molar-refractivity contribution < 1.29 is 4.79 Å². The van der Waals surface area contributed by atoms with E-state index in [1.54, 1.807) is 17.9 Å². The SMILES string of the molecule is CC(C)NCC(=O)Cc1cn(C)nn1. The van der Waals surface area contributed by atoms with Crippen LogP contribution in [0.1, 0.15) is 19.5 Å². The van der Waals surface area contributed by atoms with Crippen molar-refractivity contribution in [3.05, 3.63) is 11.9 Å². The zero-order valence-corrected chi connectivity index (χ0v) is 8.82. The molecule has 1 heterocycles. The largest absolute Gasteiger partial charge is 0.308 e. The highest BCUT2D eigenvalue weighted by molar-refractivity contribution is 5.82. The Kier molecular flexibility index (Phi) is 3.76. The monoisotopic (exact) mass is 196 g/mol. The Hall–Kier alpha value is -1.23. The van der Waals surface area contributed by atoms with Gasteiger partial charge in [0.1, 0.15) is 0 Å². The summed E-state index contributed by atoms with van der Waals surface area (Å²) in [6.07, 6.45) is 2.11. The van der Waals surface area contributed by atoms with Gasteiger partial charge in [-0.1, -0.05) is 19.1 Å². The molecule has 1 aromatic heterocycles. The number of ketones is 1. The number of hydrogen-bond donors (Lipinski definition) is 1. The van der Waals surface area contributed by atoms with Crippen molar-refractivity contribution in [1.82, 2.24) is 20.3 Å². The van der Waals surface area contributed by atoms with Crippen LogP contribution in [-0.2, 0) is 18.3 Å². The summed E-state index contributed by atoms with van der Waals surface area (Å²) < 4.78 is 1.60. The van der Waals surface area contributed by atoms with Crippen LogP contribution in [0.2, 0.25) is 0 Å². The first-order valence-electron chi connectivity index (χ1n) is 4.68. The number of nitrogens with zero attached hydrogens (tertiary/aromatic N) is 3. The molecule has 5 nitrogen and oxygen atoms in total. The summed E-state index contributed by atoms with van der Waals surface area (Å²) in [4.78, 5) is 11.4. The van der Waals surface area contributed by atoms with Gasteiger partial charge in [-0.2, -0.15) is 0 Å². The third kappa shape index (κ3) is 3.66. The molecular weight excluding hydrogens is 180 g/mol. The van der Waals surface area contributed by atoms with Crippen LogP contribution in [0.5, 0.6) is 0 Å². The first-order chi connectivity index (χ1) is 6.58. The van der Waals surface area contributed by atoms with E-state index in [0.29, 0.717) is 19.0 Å². The highest BCUT2D eigenvalue weighted by atomic mass is 16.1. The normalized spacial score (nSPS) is 10.9. The van der Waals surface area contributed by atoms with Gasteiger partial charge in [-0.05, 0) is 0 Å². The summed E-state index contributed by atoms with van der Waals surface area (Å²) in [6, 6.07) is 0.334. The van der Waals surface area contributed by atoms with Gasteiger partial charge < -0.3 is 5.32 Å². The van der Waals surface area contributed by atoms with Gasteiger partial charge >= 0.3 is 0 Å². The number of aromatic nitrogens is 3. The molecule has 0 saturated carbocycles. The molecule has 0 aliphatic rings. The van der Waals surface area contributed by atoms with Crippen LogP contribution in [0.3, 0.4) is 0 Å². The Morgan fingerprint density at radius 2 is 2.36 bits per heavy atom. The lowest BCUT2D eigenvalue weighted by molar-refractivity contribution is -0.117. The standard InChI is InChI=1S/C9H16N4O/c1-7(2)10-5-9(14)4-8-6-13(3)12-11-8/h6-7,10H,4-5H2,1-3H3. The molecule has 0 aliphatic heterocycles. The molecule has 0 aliphatic carbocycles. The molecule has 0 saturated heterocycles. The minimum atomic E-state index is 0.138. The lowest BCUT2D eigenvalue weighted by Gasteiger charge is -2.05. The second kappa shape index (κ2) is 4.85. The van der Waals surface area contributed by atoms with Gasteiger partial charge in [0.05, 0.1) is 18.7 Å². The zero-order chi connectivity index (χ0) is 10.6. The van der Waals surface area contributed by atoms with E-state index in [9.17, 15) is 4.79 Å². The number of carbonyl (C=O) groups excluding carboxylic acids is 1. The zero-order valence-electron chi connectivity index (χ0n) is 8.82. The van der Waals surface area contributed by atoms with Crippen LogP contribution in [0, 0.1) is 0 Å². The third-order valence-electron chi connectivity index (χ3n) is 1.74. The maximum Gasteiger partial charge on any atom is 0.152 e. The fraction of sp³-hybridized carbons (Fsp3) is 0.667. The molecular formula is C9H16N4O. The highest BCUT2D eigenvalue weighted by Crippen LogP contribution is 1.93. The van der Waals surface area contributed by atoms with E-state index >= 15 is 0 Å². The summed E-state index contributed by atoms with van der Waals surface area (Å²) in [5.41, 5.74) is 0.725. The van der Waals surface area contributed by atoms with Gasteiger partial charge in [-0.15, -0.1) is 5.10 Å². The predicted octanol–water partition coefficient (Wildman–Crippen LogP) is -0.0753. The minimum absolute atomic E-state index is 0.138. The van der Waals surface area contributed by atoms with Crippen LogP contribution < -0.4 is 5.32 Å². The first kappa shape index (κ1) is 10.8. The second-order valence-corrected chi connectivity index (χ2v) is 3.63. The van der Waals surface area contributed by atoms with E-state index in [4.69, 9.17) is 0 Å². The Labute approximate surface area is 83.5 Å². The molecule has 14 heavy (non-hydrogen) atoms. The summed E-state index contributed by atoms with van der Waals surface area (Å²) in [6.45, 7) is 4.42. The van der Waals surface area contributed by atoms with Crippen molar-refractivity contribution in [2.24, 2.45) is 7.05 Å². The van der Waals surface area contributed by atoms with Crippen molar-refractivity contribution in [3.8, 4) is 0 Å². The van der Waals surface area contributed by atoms with Gasteiger partial charge in [0, 0.05) is 19.3 Å². The number of hydrogen-bond acceptors (Lipinski definition) is 4. The molecule has 0 spiro atoms. The number of carbonyl (C=O) groups is 1. The van der Waals surface area contributed by atoms with Crippen molar-refractivity contribution >= 4 is 5.78 Å². The fourth-order valence-electron chi connectivity index (χ4n) is 1.06. The Morgan fingerprint density at radius 1 is 1.64 bits per heavy atom. The van der Waals surface area contributed by atoms with Crippen LogP contribution in [0.25, 0.3) is 0 Å². The predicted molar refractivity (Wildman–Crippen MR) is 52.9 cm³/mol. The second-order valence-electron chi connectivity index (χ2n) is 3.63. The van der Waals surface area contributed by atoms with Gasteiger partial charge in [0.25, 0.3) is 0 Å². The van der Waals surface area contributed by atoms with E-state index in [1.807, 2.05) is 13.8 Å². The van der Waals surface area contributed by atoms with Crippen LogP contribution >= 0.6 is 0 Å². The maximum absolute atomic E-state index is 11.4. The van der Waals surface area contributed by atoms with Crippen molar-refractivity contribution in [2.45, 2.75) is 26.3 Å². The van der Waals surface area contributed by atoms with Gasteiger partial charge in [0.15, 0.2) is 5.78 Å². The molecule has 1 N–H and O–H groups in total. The number of rotatable bonds is 5. The highest BCUT2D eigenvalue weighted by Gasteiger charge is 2.06. The molecule has 0 unspecified atom stereocenters. The summed E-state index contributed by atoms with van der Waals surface area (Å²) in [5.74, 6) is 0.138. The number of Topliss-reactive ketones (excluding diaryl/α,β-unsaturated/α-hetero) is 1. The van der Waals surface area contributed by atoms with Crippen molar-refractivity contribution in [3.63, 3.8) is 0 Å². The molecule has 0 amide bonds. The van der Waals surface area contributed by atoms with Gasteiger partial charge in [-0.25, -0.2) is 0 Å². The van der Waals surface area contributed by atoms with E-state index in [-0.39, 0.29) is 5.78 Å². The summed E-state index contributed by atoms with van der Waals surface area (Å²) in [5, 5.41) is 10.7. The van der Waals surface area contributed by atoms with E-state index in [2.05, 4.69) is 15.6 Å². The Bertz CT molecular complexity index is 306. The van der Waals surface area contributed by atoms with Crippen molar-refractivity contribution in [2.75, 3.05) is 6.54 Å². The van der Waals surface area contributed by atoms with Gasteiger partial charge in [0.2, 0.25) is 0 Å². The average molecular weight is 196 g/mol. The molecule has 5 heteroatoms. The Balaban J connectivity index is 2.34. The number of nitrogens with one attached hydrogen (secondary N) is 1. The summed E-state index contributed by atoms with van der Waals surface area (Å²) >= 11 is 0. The molecule has 78 valence electrons. The van der Waals surface area contributed by atoms with E-state index in [0.717, 1.165) is 5.69 Å². The molecule has 1 rings (SSSR count). The van der Waals surface area contributed by atoms with E-state index < -0.39 is 0 Å². The molecule has 0 aromatic carbocycles. The minimum Gasteiger partial charge on any atom is -0.308 e. The maximum atomic E-state index is 11.4. The molecule has 0 radical (unpaired) electrons. The molecule has 1 aromatic rings. The number of aryl methyl sites for hydroxylation is 1. The quantitative estimate of drug-likeness (QED) is 0.716. The summed E-state index contributed by atoms with van der Waals surface area (Å²) in [7, 11) is 1.79. The lowest BCUT2D eigenvalue weighted by Crippen LogP contribution is -2.30. The van der Waals surface area contributed by atoms with E-state index in [1.165, 1.54) is 0 Å². The third-order valence-corrected chi connectivity index (χ3v) is 1.74. The Morgan fingerprint density at radius 3 is 2.86 bits per heavy atom. The fourth-order valence-corrected chi connectivity index (χ4v) is 1.06. The van der Waals surface area contributed by atoms with Crippen LogP contribution in [0.4, 0.5) is 0 Å². The molecule has 0 bridgehead atoms. The molecule has 0 fully saturated rings.